The van der Waals surface area contributed by atoms with Gasteiger partial charge in [-0.25, -0.2) is 0 Å². The van der Waals surface area contributed by atoms with Crippen LogP contribution in [0.25, 0.3) is 0 Å². The van der Waals surface area contributed by atoms with E-state index in [9.17, 15) is 0 Å². The second-order valence-corrected chi connectivity index (χ2v) is 5.88. The van der Waals surface area contributed by atoms with E-state index in [0.717, 1.165) is 24.0 Å². The van der Waals surface area contributed by atoms with Gasteiger partial charge in [0.15, 0.2) is 0 Å². The fourth-order valence-corrected chi connectivity index (χ4v) is 2.26. The van der Waals surface area contributed by atoms with Crippen LogP contribution in [0.2, 0.25) is 0 Å². The van der Waals surface area contributed by atoms with Crippen molar-refractivity contribution >= 4 is 15.9 Å². The van der Waals surface area contributed by atoms with Crippen LogP contribution >= 0.6 is 15.9 Å². The van der Waals surface area contributed by atoms with Crippen LogP contribution in [0.5, 0.6) is 0 Å². The molecule has 1 aromatic heterocycles. The number of nitrogens with zero attached hydrogens (tertiary/aromatic N) is 2. The average molecular weight is 318 g/mol. The summed E-state index contributed by atoms with van der Waals surface area (Å²) in [6.07, 6.45) is 2.89. The summed E-state index contributed by atoms with van der Waals surface area (Å²) in [4.78, 5) is 0. The first-order valence-corrected chi connectivity index (χ1v) is 7.26. The largest absolute Gasteiger partial charge is 0.383 e. The Bertz CT molecular complexity index is 352. The molecule has 1 unspecified atom stereocenters. The first kappa shape index (κ1) is 15.7. The van der Waals surface area contributed by atoms with Crippen molar-refractivity contribution < 1.29 is 4.74 Å². The number of ether oxygens (including phenoxy) is 1. The zero-order valence-electron chi connectivity index (χ0n) is 11.7. The quantitative estimate of drug-likeness (QED) is 0.800. The van der Waals surface area contributed by atoms with Crippen LogP contribution in [0.15, 0.2) is 10.7 Å². The highest BCUT2D eigenvalue weighted by Gasteiger charge is 2.12. The van der Waals surface area contributed by atoms with Crippen LogP contribution in [0, 0.1) is 5.92 Å². The monoisotopic (exact) mass is 317 g/mol. The third kappa shape index (κ3) is 5.08. The Kier molecular flexibility index (Phi) is 6.89. The molecule has 1 atom stereocenters. The van der Waals surface area contributed by atoms with Gasteiger partial charge in [-0.05, 0) is 34.8 Å². The second-order valence-electron chi connectivity index (χ2n) is 5.03. The van der Waals surface area contributed by atoms with E-state index >= 15 is 0 Å². The summed E-state index contributed by atoms with van der Waals surface area (Å²) >= 11 is 3.57. The lowest BCUT2D eigenvalue weighted by Crippen LogP contribution is -2.29. The van der Waals surface area contributed by atoms with Gasteiger partial charge in [0, 0.05) is 13.2 Å². The summed E-state index contributed by atoms with van der Waals surface area (Å²) in [5.74, 6) is 0.585. The van der Waals surface area contributed by atoms with Crippen LogP contribution < -0.4 is 5.32 Å². The van der Waals surface area contributed by atoms with Gasteiger partial charge in [0.05, 0.1) is 29.5 Å². The minimum atomic E-state index is 0.536. The molecule has 0 saturated carbocycles. The predicted molar refractivity (Wildman–Crippen MR) is 77.8 cm³/mol. The Morgan fingerprint density at radius 1 is 1.44 bits per heavy atom. The summed E-state index contributed by atoms with van der Waals surface area (Å²) in [7, 11) is 1.72. The van der Waals surface area contributed by atoms with Gasteiger partial charge in [0.2, 0.25) is 0 Å². The Morgan fingerprint density at radius 3 is 2.78 bits per heavy atom. The Morgan fingerprint density at radius 2 is 2.17 bits per heavy atom. The van der Waals surface area contributed by atoms with Crippen LogP contribution in [0.3, 0.4) is 0 Å². The maximum atomic E-state index is 5.11. The van der Waals surface area contributed by atoms with Gasteiger partial charge in [0.1, 0.15) is 0 Å². The molecule has 0 saturated heterocycles. The molecule has 0 amide bonds. The first-order chi connectivity index (χ1) is 8.54. The highest BCUT2D eigenvalue weighted by molar-refractivity contribution is 9.10. The van der Waals surface area contributed by atoms with Crippen molar-refractivity contribution in [2.24, 2.45) is 5.92 Å². The molecule has 0 bridgehead atoms. The maximum absolute atomic E-state index is 5.11. The number of halogens is 1. The zero-order valence-corrected chi connectivity index (χ0v) is 13.3. The average Bonchev–Trinajstić information content (AvgIpc) is 2.66. The standard InChI is InChI=1S/C13H24BrN3O/c1-10(2)15-8-11(3)7-13-12(14)9-16-17(13)5-6-18-4/h9-11,15H,5-8H2,1-4H3. The van der Waals surface area contributed by atoms with Gasteiger partial charge in [-0.15, -0.1) is 0 Å². The zero-order chi connectivity index (χ0) is 13.5. The second kappa shape index (κ2) is 7.92. The first-order valence-electron chi connectivity index (χ1n) is 6.47. The van der Waals surface area contributed by atoms with E-state index < -0.39 is 0 Å². The molecule has 1 N–H and O–H groups in total. The lowest BCUT2D eigenvalue weighted by atomic mass is 10.1. The van der Waals surface area contributed by atoms with E-state index in [1.54, 1.807) is 7.11 Å². The summed E-state index contributed by atoms with van der Waals surface area (Å²) in [5, 5.41) is 7.84. The number of nitrogens with one attached hydrogen (secondary N) is 1. The molecule has 4 nitrogen and oxygen atoms in total. The number of aromatic nitrogens is 2. The highest BCUT2D eigenvalue weighted by atomic mass is 79.9. The van der Waals surface area contributed by atoms with E-state index in [-0.39, 0.29) is 0 Å². The number of hydrogen-bond donors (Lipinski definition) is 1. The van der Waals surface area contributed by atoms with Crippen molar-refractivity contribution in [3.05, 3.63) is 16.4 Å². The smallest absolute Gasteiger partial charge is 0.0658 e. The van der Waals surface area contributed by atoms with Gasteiger partial charge in [-0.1, -0.05) is 20.8 Å². The van der Waals surface area contributed by atoms with E-state index in [1.807, 2.05) is 10.9 Å². The van der Waals surface area contributed by atoms with Crippen LogP contribution in [-0.2, 0) is 17.7 Å². The minimum Gasteiger partial charge on any atom is -0.383 e. The van der Waals surface area contributed by atoms with Crippen LogP contribution in [0.4, 0.5) is 0 Å². The third-order valence-corrected chi connectivity index (χ3v) is 3.48. The fourth-order valence-electron chi connectivity index (χ4n) is 1.80. The predicted octanol–water partition coefficient (Wildman–Crippen LogP) is 2.47. The molecule has 0 radical (unpaired) electrons. The van der Waals surface area contributed by atoms with Crippen molar-refractivity contribution in [2.45, 2.75) is 39.8 Å². The molecule has 0 aliphatic carbocycles. The molecule has 5 heteroatoms. The SMILES string of the molecule is COCCn1ncc(Br)c1CC(C)CNC(C)C. The molecule has 0 aliphatic heterocycles. The fraction of sp³-hybridized carbons (Fsp3) is 0.769. The molecular formula is C13H24BrN3O. The molecule has 1 aromatic rings. The molecule has 18 heavy (non-hydrogen) atoms. The number of hydrogen-bond acceptors (Lipinski definition) is 3. The van der Waals surface area contributed by atoms with Crippen molar-refractivity contribution in [3.8, 4) is 0 Å². The van der Waals surface area contributed by atoms with Gasteiger partial charge >= 0.3 is 0 Å². The van der Waals surface area contributed by atoms with E-state index in [4.69, 9.17) is 4.74 Å². The van der Waals surface area contributed by atoms with Crippen LogP contribution in [0.1, 0.15) is 26.5 Å². The summed E-state index contributed by atoms with van der Waals surface area (Å²) < 4.78 is 8.23. The molecule has 1 rings (SSSR count). The van der Waals surface area contributed by atoms with Crippen molar-refractivity contribution in [1.29, 1.82) is 0 Å². The number of methoxy groups -OCH3 is 1. The minimum absolute atomic E-state index is 0.536. The van der Waals surface area contributed by atoms with Crippen molar-refractivity contribution in [2.75, 3.05) is 20.3 Å². The maximum Gasteiger partial charge on any atom is 0.0658 e. The van der Waals surface area contributed by atoms with Gasteiger partial charge in [-0.3, -0.25) is 4.68 Å². The molecule has 104 valence electrons. The molecule has 0 spiro atoms. The van der Waals surface area contributed by atoms with E-state index in [1.165, 1.54) is 5.69 Å². The topological polar surface area (TPSA) is 39.1 Å². The van der Waals surface area contributed by atoms with E-state index in [2.05, 4.69) is 47.1 Å². The van der Waals surface area contributed by atoms with E-state index in [0.29, 0.717) is 18.6 Å². The summed E-state index contributed by atoms with van der Waals surface area (Å²) in [6, 6.07) is 0.536. The van der Waals surface area contributed by atoms with Gasteiger partial charge in [0.25, 0.3) is 0 Å². The van der Waals surface area contributed by atoms with Crippen molar-refractivity contribution in [3.63, 3.8) is 0 Å². The Balaban J connectivity index is 2.56. The van der Waals surface area contributed by atoms with Crippen LogP contribution in [-0.4, -0.2) is 36.1 Å². The van der Waals surface area contributed by atoms with Gasteiger partial charge in [-0.2, -0.15) is 5.10 Å². The molecular weight excluding hydrogens is 294 g/mol. The lowest BCUT2D eigenvalue weighted by molar-refractivity contribution is 0.182. The number of rotatable bonds is 8. The van der Waals surface area contributed by atoms with Crippen molar-refractivity contribution in [1.82, 2.24) is 15.1 Å². The summed E-state index contributed by atoms with van der Waals surface area (Å²) in [6.45, 7) is 9.13. The molecule has 0 aromatic carbocycles. The Hall–Kier alpha value is -0.390. The molecule has 0 fully saturated rings. The highest BCUT2D eigenvalue weighted by Crippen LogP contribution is 2.19. The lowest BCUT2D eigenvalue weighted by Gasteiger charge is -2.16. The molecule has 1 heterocycles. The summed E-state index contributed by atoms with van der Waals surface area (Å²) in [5.41, 5.74) is 1.25. The molecule has 0 aliphatic rings. The van der Waals surface area contributed by atoms with Gasteiger partial charge < -0.3 is 10.1 Å². The third-order valence-electron chi connectivity index (χ3n) is 2.82. The Labute approximate surface area is 118 Å². The normalized spacial score (nSPS) is 13.2.